The van der Waals surface area contributed by atoms with Crippen LogP contribution in [-0.4, -0.2) is 28.2 Å². The van der Waals surface area contributed by atoms with Gasteiger partial charge in [0.15, 0.2) is 0 Å². The van der Waals surface area contributed by atoms with Gasteiger partial charge in [-0.3, -0.25) is 4.79 Å². The number of halogens is 3. The number of hydrogen-bond acceptors (Lipinski definition) is 5. The number of pyridine rings is 2. The fraction of sp³-hybridized carbons (Fsp3) is 0.400. The van der Waals surface area contributed by atoms with Crippen LogP contribution in [0.25, 0.3) is 11.0 Å². The Labute approximate surface area is 195 Å². The second-order valence-electron chi connectivity index (χ2n) is 8.69. The molecular weight excluding hydrogens is 445 g/mol. The molecule has 0 N–H and O–H groups in total. The quantitative estimate of drug-likeness (QED) is 0.543. The van der Waals surface area contributed by atoms with Crippen LogP contribution in [0.5, 0.6) is 5.75 Å². The summed E-state index contributed by atoms with van der Waals surface area (Å²) in [4.78, 5) is 19.2. The number of hydrogen-bond donors (Lipinski definition) is 0. The van der Waals surface area contributed by atoms with Gasteiger partial charge in [-0.05, 0) is 43.7 Å². The van der Waals surface area contributed by atoms with E-state index in [9.17, 15) is 23.2 Å². The Hall–Kier alpha value is -3.54. The number of aromatic nitrogens is 2. The summed E-state index contributed by atoms with van der Waals surface area (Å²) in [7, 11) is 1.66. The van der Waals surface area contributed by atoms with Crippen molar-refractivity contribution in [3.63, 3.8) is 0 Å². The average molecular weight is 470 g/mol. The van der Waals surface area contributed by atoms with Crippen molar-refractivity contribution in [2.24, 2.45) is 13.0 Å². The lowest BCUT2D eigenvalue weighted by Crippen LogP contribution is -2.50. The maximum Gasteiger partial charge on any atom is 0.416 e. The van der Waals surface area contributed by atoms with Gasteiger partial charge in [-0.2, -0.15) is 18.4 Å². The van der Waals surface area contributed by atoms with Crippen molar-refractivity contribution in [3.05, 3.63) is 64.1 Å². The zero-order valence-corrected chi connectivity index (χ0v) is 19.1. The second kappa shape index (κ2) is 9.01. The van der Waals surface area contributed by atoms with Gasteiger partial charge in [0.1, 0.15) is 29.1 Å². The highest BCUT2D eigenvalue weighted by Gasteiger charge is 2.36. The predicted octanol–water partition coefficient (Wildman–Crippen LogP) is 4.90. The fourth-order valence-corrected chi connectivity index (χ4v) is 4.59. The molecule has 0 saturated carbocycles. The lowest BCUT2D eigenvalue weighted by atomic mass is 9.87. The number of anilines is 1. The Morgan fingerprint density at radius 1 is 1.24 bits per heavy atom. The third kappa shape index (κ3) is 4.45. The topological polar surface area (TPSA) is 71.2 Å². The first kappa shape index (κ1) is 23.6. The Kier molecular flexibility index (Phi) is 6.26. The number of ether oxygens (including phenoxy) is 1. The molecule has 0 unspecified atom stereocenters. The summed E-state index contributed by atoms with van der Waals surface area (Å²) in [5.41, 5.74) is 1.18. The van der Waals surface area contributed by atoms with Gasteiger partial charge in [-0.25, -0.2) is 4.98 Å². The van der Waals surface area contributed by atoms with Crippen LogP contribution < -0.4 is 15.2 Å². The van der Waals surface area contributed by atoms with Crippen molar-refractivity contribution in [1.29, 1.82) is 5.26 Å². The van der Waals surface area contributed by atoms with Crippen LogP contribution in [0.4, 0.5) is 18.9 Å². The van der Waals surface area contributed by atoms with Gasteiger partial charge in [0.25, 0.3) is 5.56 Å². The summed E-state index contributed by atoms with van der Waals surface area (Å²) in [6.45, 7) is 4.54. The SMILES string of the molecule is CC[C@H]1CN(c2cc(=O)n(C)c3ccc(C#N)nc23)[C@@H](C)C[C@@H]1Oc1cccc(C(F)(F)F)c1. The molecule has 0 aliphatic carbocycles. The van der Waals surface area contributed by atoms with E-state index in [0.717, 1.165) is 18.6 Å². The normalized spacial score (nSPS) is 20.9. The van der Waals surface area contributed by atoms with E-state index in [2.05, 4.69) is 9.88 Å². The predicted molar refractivity (Wildman–Crippen MR) is 123 cm³/mol. The molecule has 6 nitrogen and oxygen atoms in total. The van der Waals surface area contributed by atoms with Crippen LogP contribution in [0.1, 0.15) is 37.9 Å². The highest BCUT2D eigenvalue weighted by Crippen LogP contribution is 2.36. The molecule has 4 rings (SSSR count). The third-order valence-corrected chi connectivity index (χ3v) is 6.53. The molecule has 1 aliphatic heterocycles. The Balaban J connectivity index is 1.66. The zero-order chi connectivity index (χ0) is 24.6. The van der Waals surface area contributed by atoms with Crippen molar-refractivity contribution in [3.8, 4) is 11.8 Å². The number of alkyl halides is 3. The van der Waals surface area contributed by atoms with Gasteiger partial charge in [0.05, 0.1) is 16.8 Å². The minimum Gasteiger partial charge on any atom is -0.490 e. The van der Waals surface area contributed by atoms with E-state index in [1.54, 1.807) is 25.2 Å². The monoisotopic (exact) mass is 470 g/mol. The highest BCUT2D eigenvalue weighted by atomic mass is 19.4. The van der Waals surface area contributed by atoms with Crippen molar-refractivity contribution < 1.29 is 17.9 Å². The minimum absolute atomic E-state index is 0.0176. The first-order valence-corrected chi connectivity index (χ1v) is 11.1. The molecule has 3 aromatic rings. The van der Waals surface area contributed by atoms with Crippen molar-refractivity contribution in [2.45, 2.75) is 45.0 Å². The number of piperidine rings is 1. The summed E-state index contributed by atoms with van der Waals surface area (Å²) in [6.07, 6.45) is -3.41. The maximum absolute atomic E-state index is 13.1. The Bertz CT molecular complexity index is 1310. The molecule has 1 aliphatic rings. The smallest absolute Gasteiger partial charge is 0.416 e. The molecule has 1 aromatic carbocycles. The van der Waals surface area contributed by atoms with Crippen molar-refractivity contribution in [1.82, 2.24) is 9.55 Å². The van der Waals surface area contributed by atoms with Crippen LogP contribution in [0.15, 0.2) is 47.3 Å². The second-order valence-corrected chi connectivity index (χ2v) is 8.69. The summed E-state index contributed by atoms with van der Waals surface area (Å²) in [5, 5.41) is 9.32. The zero-order valence-electron chi connectivity index (χ0n) is 19.1. The van der Waals surface area contributed by atoms with Gasteiger partial charge in [-0.1, -0.05) is 13.0 Å². The lowest BCUT2D eigenvalue weighted by Gasteiger charge is -2.44. The molecule has 1 saturated heterocycles. The summed E-state index contributed by atoms with van der Waals surface area (Å²) >= 11 is 0. The van der Waals surface area contributed by atoms with Crippen LogP contribution >= 0.6 is 0 Å². The molecule has 178 valence electrons. The van der Waals surface area contributed by atoms with E-state index in [1.165, 1.54) is 16.7 Å². The number of aryl methyl sites for hydroxylation is 1. The van der Waals surface area contributed by atoms with Gasteiger partial charge < -0.3 is 14.2 Å². The van der Waals surface area contributed by atoms with E-state index in [1.807, 2.05) is 19.9 Å². The van der Waals surface area contributed by atoms with Crippen LogP contribution in [0, 0.1) is 17.2 Å². The summed E-state index contributed by atoms with van der Waals surface area (Å²) in [5.74, 6) is 0.210. The van der Waals surface area contributed by atoms with E-state index in [0.29, 0.717) is 29.7 Å². The van der Waals surface area contributed by atoms with E-state index >= 15 is 0 Å². The number of nitriles is 1. The van der Waals surface area contributed by atoms with Crippen LogP contribution in [0.2, 0.25) is 0 Å². The summed E-state index contributed by atoms with van der Waals surface area (Å²) < 4.78 is 46.9. The molecule has 2 aromatic heterocycles. The summed E-state index contributed by atoms with van der Waals surface area (Å²) in [6, 6.07) is 11.8. The third-order valence-electron chi connectivity index (χ3n) is 6.53. The maximum atomic E-state index is 13.1. The standard InChI is InChI=1S/C25H25F3N4O2/c1-4-16-14-32(21-12-23(33)31(3)20-9-8-18(13-29)30-24(20)21)15(2)10-22(16)34-19-7-5-6-17(11-19)25(26,27)28/h5-9,11-12,15-16,22H,4,10,14H2,1-3H3/t15-,16-,22-/m0/s1. The number of nitrogens with zero attached hydrogens (tertiary/aromatic N) is 4. The van der Waals surface area contributed by atoms with Crippen LogP contribution in [-0.2, 0) is 13.2 Å². The van der Waals surface area contributed by atoms with Gasteiger partial charge >= 0.3 is 6.18 Å². The lowest BCUT2D eigenvalue weighted by molar-refractivity contribution is -0.137. The fourth-order valence-electron chi connectivity index (χ4n) is 4.59. The van der Waals surface area contributed by atoms with Gasteiger partial charge in [0, 0.05) is 38.0 Å². The molecule has 9 heteroatoms. The van der Waals surface area contributed by atoms with E-state index in [4.69, 9.17) is 4.74 Å². The molecule has 0 amide bonds. The molecule has 3 heterocycles. The minimum atomic E-state index is -4.43. The number of fused-ring (bicyclic) bond motifs is 1. The average Bonchev–Trinajstić information content (AvgIpc) is 2.81. The molecule has 0 radical (unpaired) electrons. The molecule has 34 heavy (non-hydrogen) atoms. The molecule has 0 bridgehead atoms. The van der Waals surface area contributed by atoms with Gasteiger partial charge in [0.2, 0.25) is 0 Å². The van der Waals surface area contributed by atoms with E-state index < -0.39 is 11.7 Å². The largest absolute Gasteiger partial charge is 0.490 e. The van der Waals surface area contributed by atoms with Crippen LogP contribution in [0.3, 0.4) is 0 Å². The Morgan fingerprint density at radius 2 is 2.00 bits per heavy atom. The number of benzene rings is 1. The van der Waals surface area contributed by atoms with Gasteiger partial charge in [-0.15, -0.1) is 0 Å². The van der Waals surface area contributed by atoms with Crippen molar-refractivity contribution in [2.75, 3.05) is 11.4 Å². The first-order chi connectivity index (χ1) is 16.1. The highest BCUT2D eigenvalue weighted by molar-refractivity contribution is 5.89. The molecular formula is C25H25F3N4O2. The molecule has 1 fully saturated rings. The number of rotatable bonds is 4. The molecule has 3 atom stereocenters. The first-order valence-electron chi connectivity index (χ1n) is 11.1. The molecule has 0 spiro atoms. The Morgan fingerprint density at radius 3 is 2.68 bits per heavy atom. The van der Waals surface area contributed by atoms with Crippen molar-refractivity contribution >= 4 is 16.7 Å². The van der Waals surface area contributed by atoms with E-state index in [-0.39, 0.29) is 35.1 Å².